The lowest BCUT2D eigenvalue weighted by Gasteiger charge is -2.31. The van der Waals surface area contributed by atoms with Gasteiger partial charge in [0.2, 0.25) is 5.91 Å². The summed E-state index contributed by atoms with van der Waals surface area (Å²) >= 11 is 0. The van der Waals surface area contributed by atoms with Gasteiger partial charge in [0, 0.05) is 32.3 Å². The van der Waals surface area contributed by atoms with Crippen LogP contribution >= 0.6 is 0 Å². The van der Waals surface area contributed by atoms with Crippen molar-refractivity contribution in [3.63, 3.8) is 0 Å². The number of carbonyl (C=O) groups is 2. The normalized spacial score (nSPS) is 15.2. The van der Waals surface area contributed by atoms with E-state index in [0.717, 1.165) is 0 Å². The Bertz CT molecular complexity index is 543. The zero-order chi connectivity index (χ0) is 14.7. The molecule has 0 radical (unpaired) electrons. The number of amides is 2. The van der Waals surface area contributed by atoms with Crippen molar-refractivity contribution in [3.8, 4) is 5.75 Å². The van der Waals surface area contributed by atoms with Crippen molar-refractivity contribution < 1.29 is 19.2 Å². The molecule has 2 amide bonds. The van der Waals surface area contributed by atoms with Gasteiger partial charge in [-0.2, -0.15) is 0 Å². The first kappa shape index (κ1) is 13.8. The maximum Gasteiger partial charge on any atom is 0.415 e. The van der Waals surface area contributed by atoms with Crippen LogP contribution in [0.1, 0.15) is 0 Å². The number of non-ortho nitro benzene ring substituents is 1. The van der Waals surface area contributed by atoms with Crippen LogP contribution in [0.4, 0.5) is 10.5 Å². The molecule has 8 heteroatoms. The Hall–Kier alpha value is -2.64. The summed E-state index contributed by atoms with van der Waals surface area (Å²) in [4.78, 5) is 36.1. The summed E-state index contributed by atoms with van der Waals surface area (Å²) < 4.78 is 5.07. The van der Waals surface area contributed by atoms with Crippen LogP contribution < -0.4 is 4.74 Å². The van der Waals surface area contributed by atoms with Gasteiger partial charge < -0.3 is 9.64 Å². The molecule has 1 aromatic rings. The number of nitro groups is 1. The minimum atomic E-state index is -0.639. The third-order valence-corrected chi connectivity index (χ3v) is 2.97. The van der Waals surface area contributed by atoms with E-state index in [-0.39, 0.29) is 23.9 Å². The number of benzene rings is 1. The molecule has 1 aromatic carbocycles. The Labute approximate surface area is 114 Å². The lowest BCUT2D eigenvalue weighted by molar-refractivity contribution is -0.384. The molecule has 1 saturated heterocycles. The highest BCUT2D eigenvalue weighted by atomic mass is 16.6. The van der Waals surface area contributed by atoms with Crippen LogP contribution in [0.25, 0.3) is 0 Å². The smallest absolute Gasteiger partial charge is 0.410 e. The van der Waals surface area contributed by atoms with E-state index in [1.54, 1.807) is 7.05 Å². The van der Waals surface area contributed by atoms with Crippen LogP contribution in [0, 0.1) is 10.1 Å². The first-order valence-electron chi connectivity index (χ1n) is 5.92. The summed E-state index contributed by atoms with van der Waals surface area (Å²) in [6, 6.07) is 5.18. The summed E-state index contributed by atoms with van der Waals surface area (Å²) in [7, 11) is 1.67. The summed E-state index contributed by atoms with van der Waals surface area (Å²) in [6.07, 6.45) is -0.639. The molecule has 1 aliphatic rings. The minimum absolute atomic E-state index is 0.0255. The number of ether oxygens (including phenoxy) is 1. The number of carbonyl (C=O) groups excluding carboxylic acids is 2. The first-order valence-corrected chi connectivity index (χ1v) is 5.92. The molecule has 2 rings (SSSR count). The van der Waals surface area contributed by atoms with Crippen molar-refractivity contribution in [1.29, 1.82) is 0 Å². The van der Waals surface area contributed by atoms with Gasteiger partial charge in [-0.25, -0.2) is 4.79 Å². The molecule has 106 valence electrons. The predicted molar refractivity (Wildman–Crippen MR) is 68.3 cm³/mol. The van der Waals surface area contributed by atoms with Gasteiger partial charge in [0.15, 0.2) is 0 Å². The highest BCUT2D eigenvalue weighted by Crippen LogP contribution is 2.18. The average Bonchev–Trinajstić information content (AvgIpc) is 2.42. The third kappa shape index (κ3) is 3.02. The molecule has 1 aliphatic heterocycles. The number of nitrogens with zero attached hydrogens (tertiary/aromatic N) is 3. The van der Waals surface area contributed by atoms with Crippen molar-refractivity contribution in [1.82, 2.24) is 9.80 Å². The van der Waals surface area contributed by atoms with Crippen LogP contribution in [-0.4, -0.2) is 53.4 Å². The highest BCUT2D eigenvalue weighted by molar-refractivity contribution is 5.83. The number of rotatable bonds is 2. The molecule has 0 unspecified atom stereocenters. The standard InChI is InChI=1S/C12H13N3O5/c1-13-6-7-14(8-11(13)16)12(17)20-10-4-2-9(3-5-10)15(18)19/h2-5H,6-8H2,1H3. The molecule has 0 spiro atoms. The third-order valence-electron chi connectivity index (χ3n) is 2.97. The van der Waals surface area contributed by atoms with Crippen molar-refractivity contribution in [2.24, 2.45) is 0 Å². The Morgan fingerprint density at radius 2 is 1.95 bits per heavy atom. The lowest BCUT2D eigenvalue weighted by Crippen LogP contribution is -2.51. The zero-order valence-corrected chi connectivity index (χ0v) is 10.8. The van der Waals surface area contributed by atoms with Crippen LogP contribution in [0.2, 0.25) is 0 Å². The molecule has 0 N–H and O–H groups in total. The number of hydrogen-bond donors (Lipinski definition) is 0. The van der Waals surface area contributed by atoms with Crippen molar-refractivity contribution in [2.45, 2.75) is 0 Å². The number of nitro benzene ring substituents is 1. The van der Waals surface area contributed by atoms with Gasteiger partial charge in [-0.15, -0.1) is 0 Å². The number of hydrogen-bond acceptors (Lipinski definition) is 5. The molecular formula is C12H13N3O5. The van der Waals surface area contributed by atoms with E-state index in [1.165, 1.54) is 34.1 Å². The monoisotopic (exact) mass is 279 g/mol. The maximum absolute atomic E-state index is 11.8. The van der Waals surface area contributed by atoms with E-state index in [2.05, 4.69) is 0 Å². The topological polar surface area (TPSA) is 93.0 Å². The van der Waals surface area contributed by atoms with Crippen molar-refractivity contribution in [2.75, 3.05) is 26.7 Å². The molecule has 0 atom stereocenters. The number of piperazine rings is 1. The molecule has 0 saturated carbocycles. The Morgan fingerprint density at radius 1 is 1.30 bits per heavy atom. The second-order valence-electron chi connectivity index (χ2n) is 4.36. The van der Waals surface area contributed by atoms with E-state index in [1.807, 2.05) is 0 Å². The minimum Gasteiger partial charge on any atom is -0.410 e. The molecule has 1 heterocycles. The van der Waals surface area contributed by atoms with Crippen LogP contribution in [-0.2, 0) is 4.79 Å². The van der Waals surface area contributed by atoms with Gasteiger partial charge in [-0.05, 0) is 12.1 Å². The predicted octanol–water partition coefficient (Wildman–Crippen LogP) is 0.868. The molecule has 0 aliphatic carbocycles. The van der Waals surface area contributed by atoms with Gasteiger partial charge in [0.25, 0.3) is 5.69 Å². The van der Waals surface area contributed by atoms with E-state index >= 15 is 0 Å². The van der Waals surface area contributed by atoms with E-state index in [0.29, 0.717) is 13.1 Å². The van der Waals surface area contributed by atoms with Crippen LogP contribution in [0.5, 0.6) is 5.75 Å². The van der Waals surface area contributed by atoms with Crippen LogP contribution in [0.15, 0.2) is 24.3 Å². The average molecular weight is 279 g/mol. The number of likely N-dealkylation sites (N-methyl/N-ethyl adjacent to an activating group) is 1. The molecule has 20 heavy (non-hydrogen) atoms. The zero-order valence-electron chi connectivity index (χ0n) is 10.8. The lowest BCUT2D eigenvalue weighted by atomic mass is 10.3. The fourth-order valence-corrected chi connectivity index (χ4v) is 1.72. The first-order chi connectivity index (χ1) is 9.47. The van der Waals surface area contributed by atoms with Gasteiger partial charge in [0.1, 0.15) is 12.3 Å². The van der Waals surface area contributed by atoms with E-state index in [9.17, 15) is 19.7 Å². The molecule has 8 nitrogen and oxygen atoms in total. The summed E-state index contributed by atoms with van der Waals surface area (Å²) in [5.74, 6) is 0.0453. The molecule has 0 bridgehead atoms. The second kappa shape index (κ2) is 5.55. The summed E-state index contributed by atoms with van der Waals surface area (Å²) in [5, 5.41) is 10.5. The Balaban J connectivity index is 1.97. The summed E-state index contributed by atoms with van der Waals surface area (Å²) in [6.45, 7) is 0.824. The molecule has 0 aromatic heterocycles. The largest absolute Gasteiger partial charge is 0.415 e. The van der Waals surface area contributed by atoms with Gasteiger partial charge >= 0.3 is 6.09 Å². The van der Waals surface area contributed by atoms with Gasteiger partial charge in [-0.1, -0.05) is 0 Å². The SMILES string of the molecule is CN1CCN(C(=O)Oc2ccc([N+](=O)[O-])cc2)CC1=O. The van der Waals surface area contributed by atoms with Crippen molar-refractivity contribution >= 4 is 17.7 Å². The molecule has 1 fully saturated rings. The van der Waals surface area contributed by atoms with Crippen molar-refractivity contribution in [3.05, 3.63) is 34.4 Å². The maximum atomic E-state index is 11.8. The quantitative estimate of drug-likeness (QED) is 0.591. The Kier molecular flexibility index (Phi) is 3.83. The summed E-state index contributed by atoms with van der Waals surface area (Å²) in [5.41, 5.74) is -0.0837. The van der Waals surface area contributed by atoms with E-state index < -0.39 is 11.0 Å². The second-order valence-corrected chi connectivity index (χ2v) is 4.36. The van der Waals surface area contributed by atoms with Gasteiger partial charge in [0.05, 0.1) is 4.92 Å². The Morgan fingerprint density at radius 3 is 2.50 bits per heavy atom. The van der Waals surface area contributed by atoms with Crippen LogP contribution in [0.3, 0.4) is 0 Å². The molecular weight excluding hydrogens is 266 g/mol. The van der Waals surface area contributed by atoms with Gasteiger partial charge in [-0.3, -0.25) is 19.8 Å². The highest BCUT2D eigenvalue weighted by Gasteiger charge is 2.26. The fraction of sp³-hybridized carbons (Fsp3) is 0.333. The van der Waals surface area contributed by atoms with E-state index in [4.69, 9.17) is 4.74 Å². The fourth-order valence-electron chi connectivity index (χ4n) is 1.72.